The fourth-order valence-electron chi connectivity index (χ4n) is 6.54. The van der Waals surface area contributed by atoms with Crippen LogP contribution in [-0.2, 0) is 32.0 Å². The van der Waals surface area contributed by atoms with E-state index in [0.717, 1.165) is 45.7 Å². The Morgan fingerprint density at radius 1 is 1.09 bits per heavy atom. The van der Waals surface area contributed by atoms with Crippen molar-refractivity contribution in [3.05, 3.63) is 74.9 Å². The van der Waals surface area contributed by atoms with Gasteiger partial charge in [0.2, 0.25) is 5.91 Å². The summed E-state index contributed by atoms with van der Waals surface area (Å²) in [6.45, 7) is 13.3. The largest absolute Gasteiger partial charge is 0.481 e. The van der Waals surface area contributed by atoms with Gasteiger partial charge in [-0.2, -0.15) is 0 Å². The van der Waals surface area contributed by atoms with E-state index in [2.05, 4.69) is 27.5 Å². The van der Waals surface area contributed by atoms with Gasteiger partial charge in [0.05, 0.1) is 6.04 Å². The number of H-pyrrole nitrogens is 1. The maximum atomic E-state index is 12.5. The molecule has 3 aliphatic rings. The lowest BCUT2D eigenvalue weighted by Gasteiger charge is -2.26. The average molecular weight is 606 g/mol. The van der Waals surface area contributed by atoms with E-state index >= 15 is 0 Å². The Balaban J connectivity index is 1.78. The SMILES string of the molecule is C=CC1=C(C)[C@@H](Cc2[nH]c(/C=C3\N[C@@](N)(/C=C4\NC(=O)[C@H](C)[C@H]4CC)C(C)=C3CCC(=O)O)c(CCC(=O)O)c2C)NC1=O. The van der Waals surface area contributed by atoms with Crippen LogP contribution in [0.15, 0.2) is 52.4 Å². The monoisotopic (exact) mass is 605 g/mol. The number of nitrogens with one attached hydrogen (secondary N) is 4. The van der Waals surface area contributed by atoms with Gasteiger partial charge in [0.1, 0.15) is 5.66 Å². The van der Waals surface area contributed by atoms with Crippen molar-refractivity contribution in [2.24, 2.45) is 17.6 Å². The number of carbonyl (C=O) groups excluding carboxylic acids is 2. The summed E-state index contributed by atoms with van der Waals surface area (Å²) in [6.07, 6.45) is 6.77. The highest BCUT2D eigenvalue weighted by Crippen LogP contribution is 2.38. The van der Waals surface area contributed by atoms with E-state index in [4.69, 9.17) is 5.73 Å². The first-order valence-electron chi connectivity index (χ1n) is 15.0. The summed E-state index contributed by atoms with van der Waals surface area (Å²) in [4.78, 5) is 51.4. The number of aliphatic carboxylic acids is 2. The molecule has 0 unspecified atom stereocenters. The van der Waals surface area contributed by atoms with E-state index in [1.54, 1.807) is 6.08 Å². The number of carboxylic acids is 2. The Morgan fingerprint density at radius 2 is 1.75 bits per heavy atom. The molecule has 11 nitrogen and oxygen atoms in total. The Hall–Kier alpha value is -4.38. The van der Waals surface area contributed by atoms with E-state index in [0.29, 0.717) is 23.4 Å². The Labute approximate surface area is 257 Å². The van der Waals surface area contributed by atoms with E-state index in [9.17, 15) is 29.4 Å². The number of carbonyl (C=O) groups is 4. The number of carboxylic acid groups (broad SMARTS) is 2. The molecule has 1 fully saturated rings. The Morgan fingerprint density at radius 3 is 2.34 bits per heavy atom. The first-order chi connectivity index (χ1) is 20.7. The zero-order chi connectivity index (χ0) is 32.5. The van der Waals surface area contributed by atoms with Crippen LogP contribution in [0.25, 0.3) is 6.08 Å². The molecule has 2 amide bonds. The summed E-state index contributed by atoms with van der Waals surface area (Å²) in [5, 5.41) is 28.3. The van der Waals surface area contributed by atoms with Crippen molar-refractivity contribution in [1.29, 1.82) is 0 Å². The summed E-state index contributed by atoms with van der Waals surface area (Å²) in [5.74, 6) is -2.31. The summed E-state index contributed by atoms with van der Waals surface area (Å²) in [7, 11) is 0. The van der Waals surface area contributed by atoms with Crippen LogP contribution in [0.5, 0.6) is 0 Å². The van der Waals surface area contributed by atoms with Gasteiger partial charge in [-0.15, -0.1) is 0 Å². The van der Waals surface area contributed by atoms with Crippen molar-refractivity contribution in [3.63, 3.8) is 0 Å². The molecule has 0 radical (unpaired) electrons. The van der Waals surface area contributed by atoms with E-state index in [1.165, 1.54) is 0 Å². The molecular weight excluding hydrogens is 562 g/mol. The number of aromatic amines is 1. The summed E-state index contributed by atoms with van der Waals surface area (Å²) in [5.41, 5.74) is 13.3. The van der Waals surface area contributed by atoms with Crippen LogP contribution < -0.4 is 21.7 Å². The normalized spacial score (nSPS) is 26.9. The van der Waals surface area contributed by atoms with Gasteiger partial charge in [-0.05, 0) is 80.0 Å². The molecule has 236 valence electrons. The Kier molecular flexibility index (Phi) is 9.39. The molecule has 1 saturated heterocycles. The minimum absolute atomic E-state index is 0.0144. The smallest absolute Gasteiger partial charge is 0.303 e. The second-order valence-electron chi connectivity index (χ2n) is 12.0. The quantitative estimate of drug-likeness (QED) is 0.189. The molecule has 44 heavy (non-hydrogen) atoms. The zero-order valence-electron chi connectivity index (χ0n) is 26.0. The highest BCUT2D eigenvalue weighted by Gasteiger charge is 2.40. The van der Waals surface area contributed by atoms with Crippen molar-refractivity contribution < 1.29 is 29.4 Å². The molecule has 11 heteroatoms. The van der Waals surface area contributed by atoms with Gasteiger partial charge in [0.15, 0.2) is 0 Å². The zero-order valence-corrected chi connectivity index (χ0v) is 26.0. The topological polar surface area (TPSA) is 187 Å². The number of nitrogens with two attached hydrogens (primary N) is 1. The summed E-state index contributed by atoms with van der Waals surface area (Å²) >= 11 is 0. The van der Waals surface area contributed by atoms with Crippen molar-refractivity contribution in [1.82, 2.24) is 20.9 Å². The van der Waals surface area contributed by atoms with Crippen molar-refractivity contribution >= 4 is 29.8 Å². The molecule has 4 atom stereocenters. The van der Waals surface area contributed by atoms with E-state index in [1.807, 2.05) is 46.8 Å². The van der Waals surface area contributed by atoms with Gasteiger partial charge in [0.25, 0.3) is 5.91 Å². The van der Waals surface area contributed by atoms with Gasteiger partial charge in [-0.25, -0.2) is 0 Å². The fraction of sp³-hybridized carbons (Fsp3) is 0.455. The van der Waals surface area contributed by atoms with E-state index in [-0.39, 0.29) is 55.4 Å². The van der Waals surface area contributed by atoms with Crippen molar-refractivity contribution in [3.8, 4) is 0 Å². The third-order valence-electron chi connectivity index (χ3n) is 9.34. The minimum Gasteiger partial charge on any atom is -0.481 e. The molecule has 1 aromatic heterocycles. The van der Waals surface area contributed by atoms with Gasteiger partial charge >= 0.3 is 11.9 Å². The second-order valence-corrected chi connectivity index (χ2v) is 12.0. The number of amides is 2. The third kappa shape index (κ3) is 6.28. The fourth-order valence-corrected chi connectivity index (χ4v) is 6.54. The lowest BCUT2D eigenvalue weighted by Crippen LogP contribution is -2.49. The predicted molar refractivity (Wildman–Crippen MR) is 167 cm³/mol. The Bertz CT molecular complexity index is 1540. The molecule has 3 aliphatic heterocycles. The average Bonchev–Trinajstić information content (AvgIpc) is 3.57. The summed E-state index contributed by atoms with van der Waals surface area (Å²) in [6, 6.07) is -0.239. The van der Waals surface area contributed by atoms with E-state index < -0.39 is 17.6 Å². The first kappa shape index (κ1) is 32.5. The summed E-state index contributed by atoms with van der Waals surface area (Å²) < 4.78 is 0. The molecule has 0 saturated carbocycles. The van der Waals surface area contributed by atoms with Gasteiger partial charge in [0, 0.05) is 59.5 Å². The van der Waals surface area contributed by atoms with Crippen LogP contribution in [0.3, 0.4) is 0 Å². The number of rotatable bonds is 12. The molecular formula is C33H43N5O6. The number of allylic oxidation sites excluding steroid dienone is 2. The van der Waals surface area contributed by atoms with Crippen LogP contribution in [0, 0.1) is 18.8 Å². The molecule has 0 aliphatic carbocycles. The minimum atomic E-state index is -1.18. The van der Waals surface area contributed by atoms with Crippen LogP contribution in [-0.4, -0.2) is 50.7 Å². The molecule has 1 aromatic rings. The maximum absolute atomic E-state index is 12.5. The molecule has 0 spiro atoms. The second kappa shape index (κ2) is 12.7. The van der Waals surface area contributed by atoms with Gasteiger partial charge in [-0.1, -0.05) is 26.5 Å². The highest BCUT2D eigenvalue weighted by atomic mass is 16.4. The molecule has 4 heterocycles. The molecule has 0 bridgehead atoms. The first-order valence-corrected chi connectivity index (χ1v) is 15.0. The highest BCUT2D eigenvalue weighted by molar-refractivity contribution is 6.00. The van der Waals surface area contributed by atoms with Crippen LogP contribution >= 0.6 is 0 Å². The predicted octanol–water partition coefficient (Wildman–Crippen LogP) is 3.34. The molecule has 8 N–H and O–H groups in total. The van der Waals surface area contributed by atoms with Crippen molar-refractivity contribution in [2.45, 2.75) is 84.8 Å². The third-order valence-corrected chi connectivity index (χ3v) is 9.34. The number of hydrogen-bond donors (Lipinski definition) is 7. The van der Waals surface area contributed by atoms with Gasteiger partial charge < -0.3 is 36.9 Å². The maximum Gasteiger partial charge on any atom is 0.303 e. The van der Waals surface area contributed by atoms with Crippen LogP contribution in [0.1, 0.15) is 75.9 Å². The number of aromatic nitrogens is 1. The lowest BCUT2D eigenvalue weighted by atomic mass is 9.89. The lowest BCUT2D eigenvalue weighted by molar-refractivity contribution is -0.138. The number of hydrogen-bond acceptors (Lipinski definition) is 6. The molecule has 4 rings (SSSR count). The van der Waals surface area contributed by atoms with Crippen LogP contribution in [0.4, 0.5) is 0 Å². The van der Waals surface area contributed by atoms with Crippen LogP contribution in [0.2, 0.25) is 0 Å². The molecule has 0 aromatic carbocycles. The standard InChI is InChI=1S/C33H43N5O6/c1-7-20-18(5)31(43)37-28(20)15-33(34)19(6)23(10-12-30(41)42)27(38-33)14-26-22(9-11-29(39)40)17(4)24(35-26)13-25-16(3)21(8-2)32(44)36-25/h8,14-15,18,20,25,35,38H,2,7,9-13,34H2,1,3-6H3,(H,36,44)(H,37,43)(H,39,40)(H,41,42)/b27-14-,28-15-/t18-,20-,25-,33+/m1/s1. The van der Waals surface area contributed by atoms with Gasteiger partial charge in [-0.3, -0.25) is 19.2 Å². The van der Waals surface area contributed by atoms with Crippen molar-refractivity contribution in [2.75, 3.05) is 0 Å².